The summed E-state index contributed by atoms with van der Waals surface area (Å²) < 4.78 is 38.5. The number of alkyl halides is 3. The molecule has 1 aromatic rings. The van der Waals surface area contributed by atoms with E-state index in [1.54, 1.807) is 0 Å². The van der Waals surface area contributed by atoms with E-state index in [-0.39, 0.29) is 18.0 Å². The fourth-order valence-electron chi connectivity index (χ4n) is 1.51. The zero-order valence-corrected chi connectivity index (χ0v) is 11.1. The Morgan fingerprint density at radius 1 is 1.35 bits per heavy atom. The van der Waals surface area contributed by atoms with Crippen molar-refractivity contribution in [1.29, 1.82) is 0 Å². The second kappa shape index (κ2) is 6.13. The van der Waals surface area contributed by atoms with Crippen LogP contribution < -0.4 is 0 Å². The molecule has 0 heterocycles. The number of hydrogen-bond acceptors (Lipinski definition) is 2. The number of carbonyl (C=O) groups is 2. The van der Waals surface area contributed by atoms with Gasteiger partial charge in [0.1, 0.15) is 0 Å². The molecule has 0 saturated carbocycles. The highest BCUT2D eigenvalue weighted by Crippen LogP contribution is 2.34. The van der Waals surface area contributed by atoms with Crippen LogP contribution in [0.1, 0.15) is 22.3 Å². The molecule has 0 saturated heterocycles. The number of carbonyl (C=O) groups excluding carboxylic acids is 1. The lowest BCUT2D eigenvalue weighted by Crippen LogP contribution is -2.30. The molecule has 1 rings (SSSR count). The molecule has 1 N–H and O–H groups in total. The third-order valence-corrected chi connectivity index (χ3v) is 2.76. The van der Waals surface area contributed by atoms with Crippen LogP contribution in [0.3, 0.4) is 0 Å². The van der Waals surface area contributed by atoms with E-state index in [4.69, 9.17) is 16.7 Å². The molecule has 0 radical (unpaired) electrons. The van der Waals surface area contributed by atoms with Crippen LogP contribution in [0.4, 0.5) is 13.2 Å². The predicted octanol–water partition coefficient (Wildman–Crippen LogP) is 2.91. The van der Waals surface area contributed by atoms with Crippen molar-refractivity contribution >= 4 is 23.5 Å². The molecule has 110 valence electrons. The maximum Gasteiger partial charge on any atom is 0.417 e. The van der Waals surface area contributed by atoms with Crippen LogP contribution >= 0.6 is 11.6 Å². The molecule has 20 heavy (non-hydrogen) atoms. The van der Waals surface area contributed by atoms with Crippen molar-refractivity contribution in [2.45, 2.75) is 12.6 Å². The summed E-state index contributed by atoms with van der Waals surface area (Å²) in [4.78, 5) is 23.2. The molecule has 0 spiro atoms. The Kier molecular flexibility index (Phi) is 4.99. The third-order valence-electron chi connectivity index (χ3n) is 2.53. The Balaban J connectivity index is 3.07. The van der Waals surface area contributed by atoms with Crippen molar-refractivity contribution in [2.75, 3.05) is 13.6 Å². The molecule has 8 heteroatoms. The minimum atomic E-state index is -4.72. The summed E-state index contributed by atoms with van der Waals surface area (Å²) in [6.45, 7) is -0.186. The van der Waals surface area contributed by atoms with Crippen molar-refractivity contribution < 1.29 is 27.9 Å². The number of halogens is 4. The number of carboxylic acid groups (broad SMARTS) is 1. The van der Waals surface area contributed by atoms with Gasteiger partial charge in [0.05, 0.1) is 17.5 Å². The van der Waals surface area contributed by atoms with Gasteiger partial charge in [0.2, 0.25) is 0 Å². The molecule has 0 aliphatic carbocycles. The van der Waals surface area contributed by atoms with Crippen LogP contribution in [-0.2, 0) is 11.0 Å². The Labute approximate surface area is 117 Å². The summed E-state index contributed by atoms with van der Waals surface area (Å²) in [5.41, 5.74) is -1.70. The van der Waals surface area contributed by atoms with Gasteiger partial charge in [-0.1, -0.05) is 11.6 Å². The molecule has 0 bridgehead atoms. The van der Waals surface area contributed by atoms with E-state index in [2.05, 4.69) is 0 Å². The van der Waals surface area contributed by atoms with Crippen LogP contribution in [0.15, 0.2) is 18.2 Å². The first kappa shape index (κ1) is 16.3. The second-order valence-corrected chi connectivity index (χ2v) is 4.49. The van der Waals surface area contributed by atoms with E-state index in [0.717, 1.165) is 11.0 Å². The van der Waals surface area contributed by atoms with Crippen molar-refractivity contribution in [2.24, 2.45) is 0 Å². The number of benzene rings is 1. The third kappa shape index (κ3) is 4.12. The summed E-state index contributed by atoms with van der Waals surface area (Å²) in [6, 6.07) is 2.82. The molecule has 0 aromatic heterocycles. The first-order chi connectivity index (χ1) is 9.12. The fourth-order valence-corrected chi connectivity index (χ4v) is 1.68. The highest BCUT2D eigenvalue weighted by molar-refractivity contribution is 6.30. The zero-order chi connectivity index (χ0) is 15.5. The van der Waals surface area contributed by atoms with Gasteiger partial charge in [-0.15, -0.1) is 0 Å². The first-order valence-corrected chi connectivity index (χ1v) is 5.84. The van der Waals surface area contributed by atoms with Gasteiger partial charge >= 0.3 is 12.1 Å². The standard InChI is InChI=1S/C12H11ClF3NO3/c1-17(5-4-10(18)19)11(20)8-3-2-7(13)6-9(8)12(14,15)16/h2-3,6H,4-5H2,1H3,(H,18,19). The van der Waals surface area contributed by atoms with E-state index in [1.165, 1.54) is 13.1 Å². The molecule has 1 amide bonds. The smallest absolute Gasteiger partial charge is 0.417 e. The molecule has 4 nitrogen and oxygen atoms in total. The van der Waals surface area contributed by atoms with Crippen LogP contribution in [0.5, 0.6) is 0 Å². The van der Waals surface area contributed by atoms with Gasteiger partial charge in [0.15, 0.2) is 0 Å². The number of aliphatic carboxylic acids is 1. The van der Waals surface area contributed by atoms with Gasteiger partial charge in [0.25, 0.3) is 5.91 Å². The van der Waals surface area contributed by atoms with Crippen LogP contribution in [0.2, 0.25) is 5.02 Å². The van der Waals surface area contributed by atoms with Gasteiger partial charge < -0.3 is 10.0 Å². The van der Waals surface area contributed by atoms with E-state index in [9.17, 15) is 22.8 Å². The zero-order valence-electron chi connectivity index (χ0n) is 10.4. The van der Waals surface area contributed by atoms with Gasteiger partial charge in [-0.05, 0) is 18.2 Å². The van der Waals surface area contributed by atoms with Crippen LogP contribution in [-0.4, -0.2) is 35.5 Å². The maximum atomic E-state index is 12.8. The maximum absolute atomic E-state index is 12.8. The van der Waals surface area contributed by atoms with Crippen molar-refractivity contribution in [3.63, 3.8) is 0 Å². The Bertz CT molecular complexity index is 531. The highest BCUT2D eigenvalue weighted by atomic mass is 35.5. The number of nitrogens with zero attached hydrogens (tertiary/aromatic N) is 1. The Hall–Kier alpha value is -1.76. The molecule has 0 atom stereocenters. The second-order valence-electron chi connectivity index (χ2n) is 4.06. The molecule has 1 aromatic carbocycles. The molecule has 0 unspecified atom stereocenters. The average molecular weight is 310 g/mol. The van der Waals surface area contributed by atoms with Crippen molar-refractivity contribution in [1.82, 2.24) is 4.90 Å². The number of hydrogen-bond donors (Lipinski definition) is 1. The van der Waals surface area contributed by atoms with Gasteiger partial charge in [-0.2, -0.15) is 13.2 Å². The molecule has 0 aliphatic heterocycles. The predicted molar refractivity (Wildman–Crippen MR) is 65.7 cm³/mol. The molecular weight excluding hydrogens is 299 g/mol. The van der Waals surface area contributed by atoms with E-state index in [0.29, 0.717) is 6.07 Å². The van der Waals surface area contributed by atoms with Gasteiger partial charge in [0, 0.05) is 18.6 Å². The van der Waals surface area contributed by atoms with Crippen LogP contribution in [0, 0.1) is 0 Å². The van der Waals surface area contributed by atoms with E-state index < -0.39 is 29.2 Å². The average Bonchev–Trinajstić information content (AvgIpc) is 2.33. The van der Waals surface area contributed by atoms with Crippen molar-refractivity contribution in [3.8, 4) is 0 Å². The summed E-state index contributed by atoms with van der Waals surface area (Å²) in [5.74, 6) is -2.05. The SMILES string of the molecule is CN(CCC(=O)O)C(=O)c1ccc(Cl)cc1C(F)(F)F. The Morgan fingerprint density at radius 3 is 2.45 bits per heavy atom. The van der Waals surface area contributed by atoms with E-state index >= 15 is 0 Å². The number of amides is 1. The number of carboxylic acids is 1. The fraction of sp³-hybridized carbons (Fsp3) is 0.333. The largest absolute Gasteiger partial charge is 0.481 e. The topological polar surface area (TPSA) is 57.6 Å². The lowest BCUT2D eigenvalue weighted by atomic mass is 10.1. The van der Waals surface area contributed by atoms with E-state index in [1.807, 2.05) is 0 Å². The minimum absolute atomic E-state index is 0.137. The summed E-state index contributed by atoms with van der Waals surface area (Å²) in [5, 5.41) is 8.36. The van der Waals surface area contributed by atoms with Crippen molar-refractivity contribution in [3.05, 3.63) is 34.3 Å². The molecule has 0 fully saturated rings. The monoisotopic (exact) mass is 309 g/mol. The van der Waals surface area contributed by atoms with Gasteiger partial charge in [-0.3, -0.25) is 9.59 Å². The lowest BCUT2D eigenvalue weighted by molar-refractivity contribution is -0.138. The lowest BCUT2D eigenvalue weighted by Gasteiger charge is -2.19. The summed E-state index contributed by atoms with van der Waals surface area (Å²) in [7, 11) is 1.24. The molecular formula is C12H11ClF3NO3. The highest BCUT2D eigenvalue weighted by Gasteiger charge is 2.36. The summed E-state index contributed by atoms with van der Waals surface area (Å²) >= 11 is 5.51. The minimum Gasteiger partial charge on any atom is -0.481 e. The van der Waals surface area contributed by atoms with Crippen LogP contribution in [0.25, 0.3) is 0 Å². The quantitative estimate of drug-likeness (QED) is 0.930. The number of rotatable bonds is 4. The van der Waals surface area contributed by atoms with Gasteiger partial charge in [-0.25, -0.2) is 0 Å². The summed E-state index contributed by atoms with van der Waals surface area (Å²) in [6.07, 6.45) is -5.07. The molecule has 0 aliphatic rings. The Morgan fingerprint density at radius 2 is 1.95 bits per heavy atom. The first-order valence-electron chi connectivity index (χ1n) is 5.47. The normalized spacial score (nSPS) is 11.2.